The van der Waals surface area contributed by atoms with Crippen molar-refractivity contribution in [1.82, 2.24) is 19.9 Å². The highest BCUT2D eigenvalue weighted by Crippen LogP contribution is 2.38. The van der Waals surface area contributed by atoms with E-state index in [1.807, 2.05) is 91.0 Å². The second kappa shape index (κ2) is 11.4. The molecule has 7 aromatic carbocycles. The highest BCUT2D eigenvalue weighted by atomic mass is 16.4. The molecule has 0 saturated heterocycles. The molecule has 6 nitrogen and oxygen atoms in total. The van der Waals surface area contributed by atoms with Crippen molar-refractivity contribution in [3.8, 4) is 56.7 Å². The maximum Gasteiger partial charge on any atom is 0.227 e. The Labute approximate surface area is 286 Å². The summed E-state index contributed by atoms with van der Waals surface area (Å²) < 4.78 is 12.3. The second-order valence-corrected chi connectivity index (χ2v) is 12.2. The molecule has 0 aliphatic heterocycles. The summed E-state index contributed by atoms with van der Waals surface area (Å²) in [4.78, 5) is 19.8. The molecule has 0 unspecified atom stereocenters. The molecule has 50 heavy (non-hydrogen) atoms. The number of oxazole rings is 1. The molecular weight excluding hydrogens is 617 g/mol. The third-order valence-corrected chi connectivity index (χ3v) is 9.21. The fourth-order valence-electron chi connectivity index (χ4n) is 6.79. The van der Waals surface area contributed by atoms with Crippen LogP contribution in [0.4, 0.5) is 0 Å². The molecule has 0 aliphatic carbocycles. The van der Waals surface area contributed by atoms with E-state index < -0.39 is 0 Å². The first-order valence-corrected chi connectivity index (χ1v) is 16.5. The lowest BCUT2D eigenvalue weighted by atomic mass is 9.94. The van der Waals surface area contributed by atoms with Gasteiger partial charge in [-0.05, 0) is 58.3 Å². The summed E-state index contributed by atoms with van der Waals surface area (Å²) in [5, 5.41) is 4.18. The van der Waals surface area contributed by atoms with Gasteiger partial charge in [0.25, 0.3) is 0 Å². The minimum absolute atomic E-state index is 0.572. The lowest BCUT2D eigenvalue weighted by Gasteiger charge is -2.13. The number of nitrogens with zero attached hydrogens (tertiary/aromatic N) is 4. The molecular formula is C44H26N4O2. The number of hydrogen-bond donors (Lipinski definition) is 0. The van der Waals surface area contributed by atoms with Gasteiger partial charge in [-0.15, -0.1) is 0 Å². The van der Waals surface area contributed by atoms with Crippen molar-refractivity contribution in [2.45, 2.75) is 0 Å². The molecule has 6 heteroatoms. The Morgan fingerprint density at radius 1 is 0.320 bits per heavy atom. The summed E-state index contributed by atoms with van der Waals surface area (Å²) in [5.41, 5.74) is 9.10. The molecule has 0 fully saturated rings. The maximum absolute atomic E-state index is 6.27. The molecule has 0 amide bonds. The topological polar surface area (TPSA) is 77.8 Å². The summed E-state index contributed by atoms with van der Waals surface area (Å²) in [6, 6.07) is 53.1. The van der Waals surface area contributed by atoms with Crippen molar-refractivity contribution in [3.63, 3.8) is 0 Å². The van der Waals surface area contributed by atoms with E-state index in [4.69, 9.17) is 28.8 Å². The van der Waals surface area contributed by atoms with Crippen LogP contribution in [0.1, 0.15) is 0 Å². The lowest BCUT2D eigenvalue weighted by Crippen LogP contribution is -2.00. The number of furan rings is 1. The van der Waals surface area contributed by atoms with Crippen LogP contribution in [-0.2, 0) is 0 Å². The van der Waals surface area contributed by atoms with Gasteiger partial charge in [-0.1, -0.05) is 121 Å². The first kappa shape index (κ1) is 28.1. The van der Waals surface area contributed by atoms with E-state index in [9.17, 15) is 0 Å². The Kier molecular flexibility index (Phi) is 6.39. The zero-order valence-electron chi connectivity index (χ0n) is 26.6. The van der Waals surface area contributed by atoms with Crippen LogP contribution in [0.3, 0.4) is 0 Å². The van der Waals surface area contributed by atoms with Crippen molar-refractivity contribution in [1.29, 1.82) is 0 Å². The van der Waals surface area contributed by atoms with Gasteiger partial charge in [0.05, 0.1) is 5.39 Å². The zero-order valence-corrected chi connectivity index (χ0v) is 26.6. The monoisotopic (exact) mass is 642 g/mol. The molecule has 3 aromatic heterocycles. The Bertz CT molecular complexity index is 2800. The number of para-hydroxylation sites is 1. The van der Waals surface area contributed by atoms with Crippen molar-refractivity contribution in [3.05, 3.63) is 158 Å². The molecule has 0 N–H and O–H groups in total. The van der Waals surface area contributed by atoms with Crippen LogP contribution in [0.15, 0.2) is 167 Å². The van der Waals surface area contributed by atoms with Gasteiger partial charge in [-0.2, -0.15) is 0 Å². The Morgan fingerprint density at radius 3 is 1.56 bits per heavy atom. The number of aromatic nitrogens is 4. The highest BCUT2D eigenvalue weighted by Gasteiger charge is 2.18. The normalized spacial score (nSPS) is 11.6. The average Bonchev–Trinajstić information content (AvgIpc) is 3.80. The van der Waals surface area contributed by atoms with Gasteiger partial charge in [0, 0.05) is 27.6 Å². The number of fused-ring (bicyclic) bond motifs is 6. The lowest BCUT2D eigenvalue weighted by molar-refractivity contribution is 0.619. The van der Waals surface area contributed by atoms with E-state index >= 15 is 0 Å². The van der Waals surface area contributed by atoms with Crippen LogP contribution in [0.2, 0.25) is 0 Å². The fourth-order valence-corrected chi connectivity index (χ4v) is 6.79. The van der Waals surface area contributed by atoms with E-state index in [1.165, 1.54) is 0 Å². The molecule has 234 valence electrons. The quantitative estimate of drug-likeness (QED) is 0.186. The van der Waals surface area contributed by atoms with E-state index in [0.29, 0.717) is 23.4 Å². The van der Waals surface area contributed by atoms with E-state index in [2.05, 4.69) is 66.7 Å². The largest absolute Gasteiger partial charge is 0.456 e. The average molecular weight is 643 g/mol. The third kappa shape index (κ3) is 4.65. The molecule has 0 spiro atoms. The van der Waals surface area contributed by atoms with Gasteiger partial charge < -0.3 is 8.83 Å². The van der Waals surface area contributed by atoms with Gasteiger partial charge in [0.1, 0.15) is 16.7 Å². The summed E-state index contributed by atoms with van der Waals surface area (Å²) >= 11 is 0. The predicted molar refractivity (Wildman–Crippen MR) is 199 cm³/mol. The molecule has 0 atom stereocenters. The minimum Gasteiger partial charge on any atom is -0.456 e. The first-order chi connectivity index (χ1) is 24.8. The summed E-state index contributed by atoms with van der Waals surface area (Å²) in [6.07, 6.45) is 0. The van der Waals surface area contributed by atoms with Gasteiger partial charge in [0.2, 0.25) is 5.89 Å². The van der Waals surface area contributed by atoms with Crippen molar-refractivity contribution in [2.24, 2.45) is 0 Å². The number of hydrogen-bond acceptors (Lipinski definition) is 6. The summed E-state index contributed by atoms with van der Waals surface area (Å²) in [5.74, 6) is 2.48. The summed E-state index contributed by atoms with van der Waals surface area (Å²) in [7, 11) is 0. The summed E-state index contributed by atoms with van der Waals surface area (Å²) in [6.45, 7) is 0. The van der Waals surface area contributed by atoms with E-state index in [0.717, 1.165) is 77.2 Å². The second-order valence-electron chi connectivity index (χ2n) is 12.2. The van der Waals surface area contributed by atoms with Gasteiger partial charge in [-0.3, -0.25) is 0 Å². The fraction of sp³-hybridized carbons (Fsp3) is 0. The van der Waals surface area contributed by atoms with E-state index in [1.54, 1.807) is 0 Å². The maximum atomic E-state index is 6.27. The molecule has 3 heterocycles. The van der Waals surface area contributed by atoms with Crippen LogP contribution in [0.5, 0.6) is 0 Å². The van der Waals surface area contributed by atoms with Crippen LogP contribution in [0.25, 0.3) is 101 Å². The Morgan fingerprint density at radius 2 is 0.860 bits per heavy atom. The smallest absolute Gasteiger partial charge is 0.227 e. The zero-order chi connectivity index (χ0) is 33.0. The molecule has 10 rings (SSSR count). The first-order valence-electron chi connectivity index (χ1n) is 16.5. The van der Waals surface area contributed by atoms with Crippen LogP contribution in [0, 0.1) is 0 Å². The SMILES string of the molecule is c1ccc(-c2nc(-c3ccccc3)nc(-c3ccc(-c4ccc(-c5nc6c(ccc7oc8ccccc8c76)o5)cc4)c4ccccc34)n2)cc1. The van der Waals surface area contributed by atoms with Crippen molar-refractivity contribution < 1.29 is 8.83 Å². The predicted octanol–water partition coefficient (Wildman–Crippen LogP) is 11.4. The number of benzene rings is 7. The van der Waals surface area contributed by atoms with Gasteiger partial charge in [0.15, 0.2) is 23.1 Å². The Hall–Kier alpha value is -6.92. The standard InChI is InChI=1S/C44H26N4O2/c1-3-11-28(12-4-1)41-46-42(29-13-5-2-6-14-29)48-43(47-41)34-24-23-31(32-15-7-8-16-33(32)34)27-19-21-30(22-20-27)44-45-40-38(50-44)26-25-37-39(40)35-17-9-10-18-36(35)49-37/h1-26H. The van der Waals surface area contributed by atoms with Gasteiger partial charge >= 0.3 is 0 Å². The Balaban J connectivity index is 1.06. The number of rotatable bonds is 5. The molecule has 0 bridgehead atoms. The molecule has 0 saturated carbocycles. The van der Waals surface area contributed by atoms with Crippen LogP contribution in [-0.4, -0.2) is 19.9 Å². The van der Waals surface area contributed by atoms with E-state index in [-0.39, 0.29) is 0 Å². The molecule has 10 aromatic rings. The van der Waals surface area contributed by atoms with Crippen molar-refractivity contribution >= 4 is 43.8 Å². The van der Waals surface area contributed by atoms with Crippen LogP contribution < -0.4 is 0 Å². The third-order valence-electron chi connectivity index (χ3n) is 9.21. The van der Waals surface area contributed by atoms with Gasteiger partial charge in [-0.25, -0.2) is 19.9 Å². The van der Waals surface area contributed by atoms with Crippen molar-refractivity contribution in [2.75, 3.05) is 0 Å². The van der Waals surface area contributed by atoms with Crippen LogP contribution >= 0.6 is 0 Å². The minimum atomic E-state index is 0.572. The molecule has 0 radical (unpaired) electrons. The molecule has 0 aliphatic rings. The highest BCUT2D eigenvalue weighted by molar-refractivity contribution is 6.16.